The van der Waals surface area contributed by atoms with Crippen molar-refractivity contribution in [2.75, 3.05) is 13.6 Å². The van der Waals surface area contributed by atoms with Crippen molar-refractivity contribution in [1.82, 2.24) is 9.62 Å². The van der Waals surface area contributed by atoms with Gasteiger partial charge in [0.1, 0.15) is 0 Å². The first kappa shape index (κ1) is 17.6. The van der Waals surface area contributed by atoms with Gasteiger partial charge in [-0.15, -0.1) is 11.3 Å². The van der Waals surface area contributed by atoms with Gasteiger partial charge in [-0.25, -0.2) is 8.42 Å². The van der Waals surface area contributed by atoms with Crippen molar-refractivity contribution in [3.63, 3.8) is 0 Å². The summed E-state index contributed by atoms with van der Waals surface area (Å²) in [6.07, 6.45) is 1.04. The molecule has 116 valence electrons. The van der Waals surface area contributed by atoms with E-state index in [1.807, 2.05) is 26.2 Å². The fourth-order valence-corrected chi connectivity index (χ4v) is 4.74. The zero-order chi connectivity index (χ0) is 15.3. The van der Waals surface area contributed by atoms with E-state index in [1.54, 1.807) is 13.1 Å². The molecular weight excluding hydrogens is 292 g/mol. The second-order valence-corrected chi connectivity index (χ2v) is 8.36. The Balaban J connectivity index is 2.95. The SMILES string of the molecule is CCCNCc1sccc1S(=O)(=O)N(C)C(C)C(C)C. The predicted octanol–water partition coefficient (Wildman–Crippen LogP) is 2.91. The normalized spacial score (nSPS) is 14.2. The van der Waals surface area contributed by atoms with Gasteiger partial charge in [-0.2, -0.15) is 4.31 Å². The molecule has 1 rings (SSSR count). The molecule has 20 heavy (non-hydrogen) atoms. The molecule has 1 aromatic rings. The monoisotopic (exact) mass is 318 g/mol. The molecule has 0 saturated carbocycles. The Kier molecular flexibility index (Phi) is 6.64. The number of nitrogens with zero attached hydrogens (tertiary/aromatic N) is 1. The molecule has 0 aromatic carbocycles. The Bertz CT molecular complexity index is 509. The van der Waals surface area contributed by atoms with Crippen LogP contribution in [0.1, 0.15) is 39.0 Å². The van der Waals surface area contributed by atoms with E-state index < -0.39 is 10.0 Å². The highest BCUT2D eigenvalue weighted by atomic mass is 32.2. The van der Waals surface area contributed by atoms with E-state index >= 15 is 0 Å². The van der Waals surface area contributed by atoms with E-state index in [4.69, 9.17) is 0 Å². The van der Waals surface area contributed by atoms with Gasteiger partial charge in [0.2, 0.25) is 10.0 Å². The number of nitrogens with one attached hydrogen (secondary N) is 1. The molecule has 0 radical (unpaired) electrons. The Hall–Kier alpha value is -0.430. The van der Waals surface area contributed by atoms with Crippen molar-refractivity contribution in [2.24, 2.45) is 5.92 Å². The summed E-state index contributed by atoms with van der Waals surface area (Å²) in [7, 11) is -1.74. The maximum atomic E-state index is 12.7. The summed E-state index contributed by atoms with van der Waals surface area (Å²) in [6.45, 7) is 9.63. The van der Waals surface area contributed by atoms with E-state index in [2.05, 4.69) is 12.2 Å². The van der Waals surface area contributed by atoms with Crippen LogP contribution in [0.3, 0.4) is 0 Å². The molecule has 1 atom stereocenters. The predicted molar refractivity (Wildman–Crippen MR) is 85.6 cm³/mol. The zero-order valence-electron chi connectivity index (χ0n) is 13.0. The third-order valence-electron chi connectivity index (χ3n) is 3.61. The first-order valence-electron chi connectivity index (χ1n) is 7.07. The van der Waals surface area contributed by atoms with Gasteiger partial charge in [0.15, 0.2) is 0 Å². The molecule has 1 unspecified atom stereocenters. The van der Waals surface area contributed by atoms with E-state index in [0.29, 0.717) is 11.4 Å². The Morgan fingerprint density at radius 1 is 1.35 bits per heavy atom. The fourth-order valence-electron chi connectivity index (χ4n) is 1.86. The largest absolute Gasteiger partial charge is 0.312 e. The summed E-state index contributed by atoms with van der Waals surface area (Å²) in [6, 6.07) is 1.70. The van der Waals surface area contributed by atoms with Gasteiger partial charge < -0.3 is 5.32 Å². The first-order valence-corrected chi connectivity index (χ1v) is 9.39. The Morgan fingerprint density at radius 2 is 2.00 bits per heavy atom. The number of rotatable bonds is 8. The number of thiophene rings is 1. The molecule has 0 aliphatic rings. The highest BCUT2D eigenvalue weighted by Gasteiger charge is 2.29. The van der Waals surface area contributed by atoms with Crippen LogP contribution in [0.25, 0.3) is 0 Å². The maximum absolute atomic E-state index is 12.7. The second-order valence-electron chi connectivity index (χ2n) is 5.39. The van der Waals surface area contributed by atoms with Crippen LogP contribution in [-0.2, 0) is 16.6 Å². The summed E-state index contributed by atoms with van der Waals surface area (Å²) < 4.78 is 26.9. The lowest BCUT2D eigenvalue weighted by molar-refractivity contribution is 0.315. The van der Waals surface area contributed by atoms with Crippen molar-refractivity contribution in [3.05, 3.63) is 16.3 Å². The van der Waals surface area contributed by atoms with Crippen LogP contribution in [0, 0.1) is 5.92 Å². The minimum absolute atomic E-state index is 0.0173. The van der Waals surface area contributed by atoms with E-state index in [-0.39, 0.29) is 12.0 Å². The molecule has 0 aliphatic carbocycles. The molecule has 0 saturated heterocycles. The van der Waals surface area contributed by atoms with Crippen LogP contribution in [-0.4, -0.2) is 32.4 Å². The van der Waals surface area contributed by atoms with Gasteiger partial charge in [-0.05, 0) is 37.3 Å². The first-order chi connectivity index (χ1) is 9.32. The summed E-state index contributed by atoms with van der Waals surface area (Å²) in [4.78, 5) is 1.34. The maximum Gasteiger partial charge on any atom is 0.244 e. The lowest BCUT2D eigenvalue weighted by Gasteiger charge is -2.27. The van der Waals surface area contributed by atoms with E-state index in [1.165, 1.54) is 15.6 Å². The van der Waals surface area contributed by atoms with Gasteiger partial charge in [0, 0.05) is 24.5 Å². The van der Waals surface area contributed by atoms with Gasteiger partial charge in [-0.3, -0.25) is 0 Å². The fraction of sp³-hybridized carbons (Fsp3) is 0.714. The summed E-state index contributed by atoms with van der Waals surface area (Å²) in [5.41, 5.74) is 0. The van der Waals surface area contributed by atoms with Gasteiger partial charge in [0.05, 0.1) is 4.90 Å². The third kappa shape index (κ3) is 4.04. The second kappa shape index (κ2) is 7.54. The van der Waals surface area contributed by atoms with Crippen molar-refractivity contribution in [1.29, 1.82) is 0 Å². The van der Waals surface area contributed by atoms with Crippen LogP contribution < -0.4 is 5.32 Å². The van der Waals surface area contributed by atoms with Gasteiger partial charge in [-0.1, -0.05) is 20.8 Å². The molecule has 4 nitrogen and oxygen atoms in total. The topological polar surface area (TPSA) is 49.4 Å². The smallest absolute Gasteiger partial charge is 0.244 e. The van der Waals surface area contributed by atoms with Crippen molar-refractivity contribution in [3.8, 4) is 0 Å². The average Bonchev–Trinajstić information content (AvgIpc) is 2.86. The molecule has 1 heterocycles. The Morgan fingerprint density at radius 3 is 2.55 bits per heavy atom. The summed E-state index contributed by atoms with van der Waals surface area (Å²) >= 11 is 1.50. The molecule has 1 aromatic heterocycles. The van der Waals surface area contributed by atoms with Crippen molar-refractivity contribution in [2.45, 2.75) is 51.6 Å². The highest BCUT2D eigenvalue weighted by Crippen LogP contribution is 2.26. The number of hydrogen-bond donors (Lipinski definition) is 1. The molecule has 6 heteroatoms. The van der Waals surface area contributed by atoms with Crippen LogP contribution in [0.15, 0.2) is 16.3 Å². The molecule has 1 N–H and O–H groups in total. The summed E-state index contributed by atoms with van der Waals surface area (Å²) in [5, 5.41) is 5.12. The van der Waals surface area contributed by atoms with Crippen LogP contribution in [0.2, 0.25) is 0 Å². The van der Waals surface area contributed by atoms with E-state index in [9.17, 15) is 8.42 Å². The lowest BCUT2D eigenvalue weighted by Crippen LogP contribution is -2.38. The molecular formula is C14H26N2O2S2. The zero-order valence-corrected chi connectivity index (χ0v) is 14.6. The molecule has 0 aliphatic heterocycles. The number of hydrogen-bond acceptors (Lipinski definition) is 4. The molecule has 0 spiro atoms. The van der Waals surface area contributed by atoms with Crippen molar-refractivity contribution >= 4 is 21.4 Å². The van der Waals surface area contributed by atoms with Gasteiger partial charge >= 0.3 is 0 Å². The van der Waals surface area contributed by atoms with Gasteiger partial charge in [0.25, 0.3) is 0 Å². The highest BCUT2D eigenvalue weighted by molar-refractivity contribution is 7.89. The Labute approximate surface area is 127 Å². The minimum atomic E-state index is -3.40. The molecule has 0 amide bonds. The van der Waals surface area contributed by atoms with E-state index in [0.717, 1.165) is 17.8 Å². The average molecular weight is 319 g/mol. The lowest BCUT2D eigenvalue weighted by atomic mass is 10.1. The quantitative estimate of drug-likeness (QED) is 0.750. The van der Waals surface area contributed by atoms with Crippen LogP contribution in [0.4, 0.5) is 0 Å². The molecule has 0 fully saturated rings. The van der Waals surface area contributed by atoms with Crippen LogP contribution >= 0.6 is 11.3 Å². The van der Waals surface area contributed by atoms with Crippen LogP contribution in [0.5, 0.6) is 0 Å². The minimum Gasteiger partial charge on any atom is -0.312 e. The molecule has 0 bridgehead atoms. The van der Waals surface area contributed by atoms with Crippen molar-refractivity contribution < 1.29 is 8.42 Å². The number of sulfonamides is 1. The summed E-state index contributed by atoms with van der Waals surface area (Å²) in [5.74, 6) is 0.287. The third-order valence-corrected chi connectivity index (χ3v) is 6.69. The standard InChI is InChI=1S/C14H26N2O2S2/c1-6-8-15-10-13-14(7-9-19-13)20(17,18)16(5)12(4)11(2)3/h7,9,11-12,15H,6,8,10H2,1-5H3.